The molecule has 2 N–H and O–H groups in total. The van der Waals surface area contributed by atoms with Gasteiger partial charge in [0.2, 0.25) is 0 Å². The van der Waals surface area contributed by atoms with Crippen LogP contribution in [0.15, 0.2) is 48.5 Å². The molecule has 1 heterocycles. The maximum Gasteiger partial charge on any atom is 0.120 e. The van der Waals surface area contributed by atoms with Crippen LogP contribution in [-0.2, 0) is 0 Å². The number of methoxy groups -OCH3 is 1. The highest BCUT2D eigenvalue weighted by Gasteiger charge is 2.19. The van der Waals surface area contributed by atoms with E-state index in [0.29, 0.717) is 0 Å². The molecule has 1 fully saturated rings. The first-order valence-electron chi connectivity index (χ1n) is 8.03. The summed E-state index contributed by atoms with van der Waals surface area (Å²) in [4.78, 5) is 2.45. The summed E-state index contributed by atoms with van der Waals surface area (Å²) in [5, 5.41) is 0. The molecule has 0 amide bonds. The van der Waals surface area contributed by atoms with Crippen LogP contribution in [0.3, 0.4) is 0 Å². The van der Waals surface area contributed by atoms with E-state index in [0.717, 1.165) is 24.4 Å². The van der Waals surface area contributed by atoms with Crippen molar-refractivity contribution >= 4 is 5.69 Å². The Labute approximate surface area is 132 Å². The lowest BCUT2D eigenvalue weighted by Crippen LogP contribution is -2.31. The molecule has 0 bridgehead atoms. The summed E-state index contributed by atoms with van der Waals surface area (Å²) in [6.07, 6.45) is 3.81. The normalized spacial score (nSPS) is 16.4. The molecule has 2 aromatic rings. The number of nitrogens with two attached hydrogens (primary N) is 1. The maximum atomic E-state index is 6.55. The Kier molecular flexibility index (Phi) is 4.64. The van der Waals surface area contributed by atoms with E-state index in [1.165, 1.54) is 30.5 Å². The molecule has 0 radical (unpaired) electrons. The highest BCUT2D eigenvalue weighted by atomic mass is 16.5. The third-order valence-corrected chi connectivity index (χ3v) is 4.43. The molecule has 3 heteroatoms. The van der Waals surface area contributed by atoms with Gasteiger partial charge in [-0.25, -0.2) is 0 Å². The highest BCUT2D eigenvalue weighted by Crippen LogP contribution is 2.34. The van der Waals surface area contributed by atoms with Gasteiger partial charge in [0.05, 0.1) is 13.2 Å². The molecular weight excluding hydrogens is 272 g/mol. The fourth-order valence-corrected chi connectivity index (χ4v) is 3.16. The largest absolute Gasteiger partial charge is 0.497 e. The van der Waals surface area contributed by atoms with E-state index in [1.807, 2.05) is 24.3 Å². The molecule has 1 saturated heterocycles. The van der Waals surface area contributed by atoms with Gasteiger partial charge in [-0.15, -0.1) is 0 Å². The number of hydrogen-bond donors (Lipinski definition) is 1. The third kappa shape index (κ3) is 3.09. The van der Waals surface area contributed by atoms with E-state index < -0.39 is 0 Å². The molecule has 2 aromatic carbocycles. The quantitative estimate of drug-likeness (QED) is 0.934. The smallest absolute Gasteiger partial charge is 0.120 e. The number of benzene rings is 2. The van der Waals surface area contributed by atoms with E-state index in [-0.39, 0.29) is 6.04 Å². The van der Waals surface area contributed by atoms with Crippen LogP contribution in [0.5, 0.6) is 5.75 Å². The third-order valence-electron chi connectivity index (χ3n) is 4.43. The monoisotopic (exact) mass is 296 g/mol. The zero-order valence-electron chi connectivity index (χ0n) is 13.2. The topological polar surface area (TPSA) is 38.5 Å². The molecule has 0 saturated carbocycles. The van der Waals surface area contributed by atoms with Gasteiger partial charge in [-0.05, 0) is 36.5 Å². The van der Waals surface area contributed by atoms with Gasteiger partial charge in [0.15, 0.2) is 0 Å². The summed E-state index contributed by atoms with van der Waals surface area (Å²) < 4.78 is 5.42. The number of rotatable bonds is 4. The Morgan fingerprint density at radius 2 is 1.73 bits per heavy atom. The molecule has 1 aliphatic heterocycles. The summed E-state index contributed by atoms with van der Waals surface area (Å²) in [5.41, 5.74) is 10.1. The second-order valence-corrected chi connectivity index (χ2v) is 5.86. The van der Waals surface area contributed by atoms with Gasteiger partial charge in [-0.2, -0.15) is 0 Å². The first-order chi connectivity index (χ1) is 10.8. The van der Waals surface area contributed by atoms with Crippen molar-refractivity contribution in [3.8, 4) is 5.75 Å². The van der Waals surface area contributed by atoms with Gasteiger partial charge in [-0.3, -0.25) is 0 Å². The van der Waals surface area contributed by atoms with Crippen molar-refractivity contribution in [2.45, 2.75) is 25.3 Å². The van der Waals surface area contributed by atoms with Crippen molar-refractivity contribution in [3.05, 3.63) is 59.7 Å². The molecule has 3 nitrogen and oxygen atoms in total. The molecule has 1 unspecified atom stereocenters. The molecule has 1 aliphatic rings. The van der Waals surface area contributed by atoms with E-state index in [1.54, 1.807) is 7.11 Å². The van der Waals surface area contributed by atoms with Crippen molar-refractivity contribution < 1.29 is 4.74 Å². The predicted octanol–water partition coefficient (Wildman–Crippen LogP) is 3.73. The van der Waals surface area contributed by atoms with Crippen LogP contribution >= 0.6 is 0 Å². The molecule has 0 aliphatic carbocycles. The molecule has 0 aromatic heterocycles. The summed E-state index contributed by atoms with van der Waals surface area (Å²) in [6.45, 7) is 2.20. The van der Waals surface area contributed by atoms with Crippen LogP contribution in [0.4, 0.5) is 5.69 Å². The van der Waals surface area contributed by atoms with Gasteiger partial charge in [0.1, 0.15) is 5.75 Å². The minimum atomic E-state index is -0.107. The molecule has 3 rings (SSSR count). The van der Waals surface area contributed by atoms with Crippen LogP contribution in [0, 0.1) is 0 Å². The standard InChI is InChI=1S/C19H24N2O/c1-22-16-10-11-17(19(20)15-8-4-2-5-9-15)18(14-16)21-12-6-3-7-13-21/h2,4-5,8-11,14,19H,3,6-7,12-13,20H2,1H3. The van der Waals surface area contributed by atoms with Crippen LogP contribution in [-0.4, -0.2) is 20.2 Å². The summed E-state index contributed by atoms with van der Waals surface area (Å²) in [7, 11) is 1.71. The Morgan fingerprint density at radius 1 is 1.00 bits per heavy atom. The van der Waals surface area contributed by atoms with Crippen molar-refractivity contribution in [2.24, 2.45) is 5.73 Å². The first-order valence-corrected chi connectivity index (χ1v) is 8.03. The second-order valence-electron chi connectivity index (χ2n) is 5.86. The van der Waals surface area contributed by atoms with Crippen LogP contribution in [0.2, 0.25) is 0 Å². The number of hydrogen-bond acceptors (Lipinski definition) is 3. The van der Waals surface area contributed by atoms with E-state index >= 15 is 0 Å². The summed E-state index contributed by atoms with van der Waals surface area (Å²) >= 11 is 0. The lowest BCUT2D eigenvalue weighted by atomic mass is 9.96. The van der Waals surface area contributed by atoms with Crippen LogP contribution < -0.4 is 15.4 Å². The molecule has 116 valence electrons. The molecular formula is C19H24N2O. The van der Waals surface area contributed by atoms with Crippen molar-refractivity contribution in [3.63, 3.8) is 0 Å². The number of ether oxygens (including phenoxy) is 1. The van der Waals surface area contributed by atoms with Crippen molar-refractivity contribution in [1.82, 2.24) is 0 Å². The van der Waals surface area contributed by atoms with Gasteiger partial charge >= 0.3 is 0 Å². The van der Waals surface area contributed by atoms with Gasteiger partial charge in [-0.1, -0.05) is 36.4 Å². The van der Waals surface area contributed by atoms with Gasteiger partial charge in [0, 0.05) is 24.8 Å². The van der Waals surface area contributed by atoms with E-state index in [4.69, 9.17) is 10.5 Å². The summed E-state index contributed by atoms with van der Waals surface area (Å²) in [5.74, 6) is 0.893. The Hall–Kier alpha value is -2.00. The first kappa shape index (κ1) is 14.9. The zero-order valence-corrected chi connectivity index (χ0v) is 13.2. The van der Waals surface area contributed by atoms with E-state index in [9.17, 15) is 0 Å². The number of nitrogens with zero attached hydrogens (tertiary/aromatic N) is 1. The average Bonchev–Trinajstić information content (AvgIpc) is 2.62. The molecule has 1 atom stereocenters. The van der Waals surface area contributed by atoms with Crippen molar-refractivity contribution in [2.75, 3.05) is 25.1 Å². The lowest BCUT2D eigenvalue weighted by molar-refractivity contribution is 0.414. The van der Waals surface area contributed by atoms with Crippen LogP contribution in [0.25, 0.3) is 0 Å². The van der Waals surface area contributed by atoms with Crippen molar-refractivity contribution in [1.29, 1.82) is 0 Å². The number of anilines is 1. The fraction of sp³-hybridized carbons (Fsp3) is 0.368. The lowest BCUT2D eigenvalue weighted by Gasteiger charge is -2.32. The van der Waals surface area contributed by atoms with Crippen LogP contribution in [0.1, 0.15) is 36.4 Å². The Balaban J connectivity index is 1.98. The molecule has 0 spiro atoms. The Bertz CT molecular complexity index is 606. The zero-order chi connectivity index (χ0) is 15.4. The second kappa shape index (κ2) is 6.84. The average molecular weight is 296 g/mol. The predicted molar refractivity (Wildman–Crippen MR) is 91.5 cm³/mol. The number of piperidine rings is 1. The van der Waals surface area contributed by atoms with Gasteiger partial charge < -0.3 is 15.4 Å². The maximum absolute atomic E-state index is 6.55. The highest BCUT2D eigenvalue weighted by molar-refractivity contribution is 5.60. The fourth-order valence-electron chi connectivity index (χ4n) is 3.16. The van der Waals surface area contributed by atoms with Gasteiger partial charge in [0.25, 0.3) is 0 Å². The Morgan fingerprint density at radius 3 is 2.41 bits per heavy atom. The summed E-state index contributed by atoms with van der Waals surface area (Å²) in [6, 6.07) is 16.4. The SMILES string of the molecule is COc1ccc(C(N)c2ccccc2)c(N2CCCCC2)c1. The van der Waals surface area contributed by atoms with E-state index in [2.05, 4.69) is 29.2 Å². The molecule has 22 heavy (non-hydrogen) atoms. The minimum absolute atomic E-state index is 0.107. The minimum Gasteiger partial charge on any atom is -0.497 e.